The van der Waals surface area contributed by atoms with Crippen molar-refractivity contribution >= 4 is 16.0 Å². The molecule has 148 valence electrons. The van der Waals surface area contributed by atoms with E-state index in [0.717, 1.165) is 19.6 Å². The molecule has 0 atom stereocenters. The first-order chi connectivity index (χ1) is 11.9. The van der Waals surface area contributed by atoms with Gasteiger partial charge in [-0.05, 0) is 24.7 Å². The highest BCUT2D eigenvalue weighted by molar-refractivity contribution is 7.89. The van der Waals surface area contributed by atoms with Crippen molar-refractivity contribution in [3.63, 3.8) is 0 Å². The molecule has 0 saturated heterocycles. The molecule has 1 rings (SSSR count). The molecule has 0 radical (unpaired) electrons. The van der Waals surface area contributed by atoms with Crippen molar-refractivity contribution in [1.82, 2.24) is 14.9 Å². The van der Waals surface area contributed by atoms with Gasteiger partial charge in [0.05, 0.1) is 5.75 Å². The minimum absolute atomic E-state index is 0.0736. The van der Waals surface area contributed by atoms with E-state index >= 15 is 0 Å². The summed E-state index contributed by atoms with van der Waals surface area (Å²) in [6, 6.07) is 0. The fourth-order valence-corrected chi connectivity index (χ4v) is 4.90. The molecular formula is C17H36N4O3S. The molecule has 2 N–H and O–H groups in total. The fourth-order valence-electron chi connectivity index (χ4n) is 3.50. The highest BCUT2D eigenvalue weighted by atomic mass is 32.2. The maximum atomic E-state index is 12.2. The molecule has 0 unspecified atom stereocenters. The Kier molecular flexibility index (Phi) is 9.74. The zero-order valence-electron chi connectivity index (χ0n) is 16.3. The summed E-state index contributed by atoms with van der Waals surface area (Å²) in [6.45, 7) is 6.70. The van der Waals surface area contributed by atoms with E-state index in [1.54, 1.807) is 14.2 Å². The van der Waals surface area contributed by atoms with Crippen molar-refractivity contribution in [3.8, 4) is 0 Å². The number of methoxy groups -OCH3 is 1. The van der Waals surface area contributed by atoms with E-state index in [1.807, 2.05) is 13.8 Å². The van der Waals surface area contributed by atoms with Gasteiger partial charge in [0, 0.05) is 46.9 Å². The zero-order chi connectivity index (χ0) is 18.8. The zero-order valence-corrected chi connectivity index (χ0v) is 17.1. The van der Waals surface area contributed by atoms with Gasteiger partial charge in [0.1, 0.15) is 0 Å². The van der Waals surface area contributed by atoms with Gasteiger partial charge in [-0.3, -0.25) is 4.99 Å². The van der Waals surface area contributed by atoms with Gasteiger partial charge in [-0.1, -0.05) is 26.7 Å². The summed E-state index contributed by atoms with van der Waals surface area (Å²) in [4.78, 5) is 4.22. The van der Waals surface area contributed by atoms with E-state index in [1.165, 1.54) is 30.0 Å². The number of aliphatic imine (C=N–C) groups is 1. The molecule has 1 fully saturated rings. The number of ether oxygens (including phenoxy) is 1. The molecule has 0 bridgehead atoms. The van der Waals surface area contributed by atoms with Gasteiger partial charge in [0.25, 0.3) is 0 Å². The molecule has 1 aliphatic rings. The first kappa shape index (κ1) is 22.2. The Hall–Kier alpha value is -0.860. The lowest BCUT2D eigenvalue weighted by Gasteiger charge is -2.30. The molecule has 8 heteroatoms. The Bertz CT molecular complexity index is 498. The Morgan fingerprint density at radius 3 is 2.36 bits per heavy atom. The Balaban J connectivity index is 2.47. The largest absolute Gasteiger partial charge is 0.385 e. The highest BCUT2D eigenvalue weighted by Crippen LogP contribution is 2.40. The molecule has 0 spiro atoms. The van der Waals surface area contributed by atoms with E-state index in [0.29, 0.717) is 25.6 Å². The second-order valence-electron chi connectivity index (χ2n) is 6.70. The average molecular weight is 377 g/mol. The minimum atomic E-state index is -3.21. The molecule has 0 heterocycles. The van der Waals surface area contributed by atoms with Crippen LogP contribution in [0.15, 0.2) is 4.99 Å². The number of guanidine groups is 1. The van der Waals surface area contributed by atoms with Crippen LogP contribution in [0.1, 0.15) is 46.0 Å². The van der Waals surface area contributed by atoms with Gasteiger partial charge in [-0.25, -0.2) is 12.7 Å². The van der Waals surface area contributed by atoms with E-state index < -0.39 is 10.0 Å². The number of nitrogens with zero attached hydrogens (tertiary/aromatic N) is 2. The monoisotopic (exact) mass is 376 g/mol. The summed E-state index contributed by atoms with van der Waals surface area (Å²) in [5, 5.41) is 6.51. The molecule has 0 aromatic carbocycles. The molecule has 1 saturated carbocycles. The molecule has 0 aromatic rings. The first-order valence-corrected chi connectivity index (χ1v) is 10.9. The van der Waals surface area contributed by atoms with Crippen molar-refractivity contribution in [1.29, 1.82) is 0 Å². The predicted molar refractivity (Wildman–Crippen MR) is 103 cm³/mol. The van der Waals surface area contributed by atoms with Gasteiger partial charge in [0.15, 0.2) is 5.96 Å². The lowest BCUT2D eigenvalue weighted by atomic mass is 9.83. The summed E-state index contributed by atoms with van der Waals surface area (Å²) in [6.07, 6.45) is 5.98. The summed E-state index contributed by atoms with van der Waals surface area (Å²) in [5.41, 5.74) is 0.265. The van der Waals surface area contributed by atoms with E-state index in [-0.39, 0.29) is 11.2 Å². The van der Waals surface area contributed by atoms with Gasteiger partial charge in [0.2, 0.25) is 10.0 Å². The van der Waals surface area contributed by atoms with Gasteiger partial charge < -0.3 is 15.4 Å². The highest BCUT2D eigenvalue weighted by Gasteiger charge is 2.33. The van der Waals surface area contributed by atoms with Crippen molar-refractivity contribution in [2.45, 2.75) is 46.0 Å². The molecule has 0 aliphatic heterocycles. The summed E-state index contributed by atoms with van der Waals surface area (Å²) in [7, 11) is 0.246. The van der Waals surface area contributed by atoms with Crippen LogP contribution in [0.25, 0.3) is 0 Å². The summed E-state index contributed by atoms with van der Waals surface area (Å²) in [5.74, 6) is 0.739. The quantitative estimate of drug-likeness (QED) is 0.421. The van der Waals surface area contributed by atoms with Crippen LogP contribution in [0.3, 0.4) is 0 Å². The second-order valence-corrected chi connectivity index (χ2v) is 8.79. The maximum absolute atomic E-state index is 12.2. The first-order valence-electron chi connectivity index (χ1n) is 9.34. The van der Waals surface area contributed by atoms with Crippen LogP contribution in [-0.2, 0) is 14.8 Å². The van der Waals surface area contributed by atoms with Crippen molar-refractivity contribution in [2.24, 2.45) is 10.4 Å². The molecular weight excluding hydrogens is 340 g/mol. The Labute approximate surface area is 153 Å². The third-order valence-corrected chi connectivity index (χ3v) is 7.13. The SMILES string of the molecule is CCN(CC)S(=O)(=O)CCNC(=NC)NCC1(CCOC)CCCC1. The Morgan fingerprint density at radius 1 is 1.20 bits per heavy atom. The van der Waals surface area contributed by atoms with Crippen molar-refractivity contribution < 1.29 is 13.2 Å². The smallest absolute Gasteiger partial charge is 0.215 e. The molecule has 7 nitrogen and oxygen atoms in total. The van der Waals surface area contributed by atoms with Crippen LogP contribution in [0.5, 0.6) is 0 Å². The number of hydrogen-bond donors (Lipinski definition) is 2. The van der Waals surface area contributed by atoms with E-state index in [9.17, 15) is 8.42 Å². The van der Waals surface area contributed by atoms with Crippen LogP contribution in [0, 0.1) is 5.41 Å². The number of sulfonamides is 1. The third-order valence-electron chi connectivity index (χ3n) is 5.11. The van der Waals surface area contributed by atoms with Crippen LogP contribution < -0.4 is 10.6 Å². The average Bonchev–Trinajstić information content (AvgIpc) is 3.06. The lowest BCUT2D eigenvalue weighted by molar-refractivity contribution is 0.138. The lowest BCUT2D eigenvalue weighted by Crippen LogP contribution is -2.45. The van der Waals surface area contributed by atoms with Gasteiger partial charge >= 0.3 is 0 Å². The molecule has 0 aromatic heterocycles. The summed E-state index contributed by atoms with van der Waals surface area (Å²) < 4.78 is 31.2. The molecule has 0 amide bonds. The minimum Gasteiger partial charge on any atom is -0.385 e. The van der Waals surface area contributed by atoms with Crippen LogP contribution in [0.4, 0.5) is 0 Å². The van der Waals surface area contributed by atoms with Crippen LogP contribution >= 0.6 is 0 Å². The van der Waals surface area contributed by atoms with Crippen LogP contribution in [-0.4, -0.2) is 71.4 Å². The van der Waals surface area contributed by atoms with Gasteiger partial charge in [-0.2, -0.15) is 0 Å². The number of rotatable bonds is 11. The molecule has 1 aliphatic carbocycles. The normalized spacial score (nSPS) is 17.9. The maximum Gasteiger partial charge on any atom is 0.215 e. The van der Waals surface area contributed by atoms with Gasteiger partial charge in [-0.15, -0.1) is 0 Å². The summed E-state index contributed by atoms with van der Waals surface area (Å²) >= 11 is 0. The van der Waals surface area contributed by atoms with Crippen molar-refractivity contribution in [2.75, 3.05) is 52.7 Å². The second kappa shape index (κ2) is 11.0. The van der Waals surface area contributed by atoms with Crippen molar-refractivity contribution in [3.05, 3.63) is 0 Å². The molecule has 25 heavy (non-hydrogen) atoms. The van der Waals surface area contributed by atoms with Crippen LogP contribution in [0.2, 0.25) is 0 Å². The number of hydrogen-bond acceptors (Lipinski definition) is 4. The number of nitrogens with one attached hydrogen (secondary N) is 2. The fraction of sp³-hybridized carbons (Fsp3) is 0.941. The third kappa shape index (κ3) is 7.11. The topological polar surface area (TPSA) is 83.0 Å². The van der Waals surface area contributed by atoms with E-state index in [4.69, 9.17) is 4.74 Å². The predicted octanol–water partition coefficient (Wildman–Crippen LogP) is 1.42. The standard InChI is InChI=1S/C17H36N4O3S/c1-5-21(6-2)25(22,23)14-12-19-16(18-3)20-15-17(11-13-24-4)9-7-8-10-17/h5-15H2,1-4H3,(H2,18,19,20). The van der Waals surface area contributed by atoms with E-state index in [2.05, 4.69) is 15.6 Å². The Morgan fingerprint density at radius 2 is 1.84 bits per heavy atom.